The lowest BCUT2D eigenvalue weighted by Gasteiger charge is -2.37. The van der Waals surface area contributed by atoms with Gasteiger partial charge in [0.2, 0.25) is 0 Å². The van der Waals surface area contributed by atoms with Crippen molar-refractivity contribution in [3.8, 4) is 11.5 Å². The molecule has 2 aliphatic rings. The van der Waals surface area contributed by atoms with Crippen LogP contribution < -0.4 is 14.4 Å². The predicted octanol–water partition coefficient (Wildman–Crippen LogP) is 7.55. The van der Waals surface area contributed by atoms with Gasteiger partial charge in [-0.3, -0.25) is 0 Å². The average molecular weight is 568 g/mol. The maximum absolute atomic E-state index is 15.9. The number of halogens is 1. The van der Waals surface area contributed by atoms with Gasteiger partial charge in [0.25, 0.3) is 0 Å². The maximum Gasteiger partial charge on any atom is 0.159 e. The van der Waals surface area contributed by atoms with Gasteiger partial charge in [-0.05, 0) is 47.7 Å². The summed E-state index contributed by atoms with van der Waals surface area (Å²) in [6, 6.07) is 32.3. The Balaban J connectivity index is 1.26. The van der Waals surface area contributed by atoms with E-state index in [1.54, 1.807) is 20.3 Å². The summed E-state index contributed by atoms with van der Waals surface area (Å²) in [5.74, 6) is 1.65. The Bertz CT molecular complexity index is 1450. The molecular formula is C36H38FNO4. The zero-order valence-electron chi connectivity index (χ0n) is 24.2. The average Bonchev–Trinajstić information content (AvgIpc) is 3.05. The molecular weight excluding hydrogens is 529 g/mol. The van der Waals surface area contributed by atoms with E-state index < -0.39 is 0 Å². The van der Waals surface area contributed by atoms with Crippen LogP contribution in [0.2, 0.25) is 0 Å². The number of methoxy groups -OCH3 is 2. The minimum absolute atomic E-state index is 0.0517. The van der Waals surface area contributed by atoms with Crippen LogP contribution in [0.4, 0.5) is 10.1 Å². The fraction of sp³-hybridized carbons (Fsp3) is 0.333. The van der Waals surface area contributed by atoms with E-state index in [0.29, 0.717) is 24.8 Å². The third-order valence-electron chi connectivity index (χ3n) is 8.68. The van der Waals surface area contributed by atoms with Crippen LogP contribution in [0.5, 0.6) is 11.5 Å². The molecule has 0 saturated carbocycles. The summed E-state index contributed by atoms with van der Waals surface area (Å²) in [7, 11) is 3.35. The largest absolute Gasteiger partial charge is 0.492 e. The molecule has 2 heterocycles. The number of ether oxygens (including phenoxy) is 4. The second-order valence-electron chi connectivity index (χ2n) is 11.2. The first-order valence-corrected chi connectivity index (χ1v) is 14.7. The zero-order chi connectivity index (χ0) is 28.9. The molecule has 6 heteroatoms. The summed E-state index contributed by atoms with van der Waals surface area (Å²) < 4.78 is 39.2. The Morgan fingerprint density at radius 3 is 2.24 bits per heavy atom. The molecule has 0 bridgehead atoms. The van der Waals surface area contributed by atoms with Gasteiger partial charge in [0.1, 0.15) is 23.9 Å². The molecule has 0 aliphatic carbocycles. The topological polar surface area (TPSA) is 40.2 Å². The molecule has 0 N–H and O–H groups in total. The first-order valence-electron chi connectivity index (χ1n) is 14.7. The number of hydrogen-bond donors (Lipinski definition) is 0. The summed E-state index contributed by atoms with van der Waals surface area (Å²) in [6.07, 6.45) is 1.57. The van der Waals surface area contributed by atoms with Crippen molar-refractivity contribution in [2.75, 3.05) is 38.8 Å². The maximum atomic E-state index is 15.9. The molecule has 2 atom stereocenters. The molecule has 5 nitrogen and oxygen atoms in total. The van der Waals surface area contributed by atoms with Gasteiger partial charge in [0, 0.05) is 56.7 Å². The molecule has 2 aliphatic heterocycles. The van der Waals surface area contributed by atoms with E-state index in [1.165, 1.54) is 5.56 Å². The van der Waals surface area contributed by atoms with Gasteiger partial charge in [-0.2, -0.15) is 0 Å². The molecule has 42 heavy (non-hydrogen) atoms. The third kappa shape index (κ3) is 6.01. The number of hydrogen-bond acceptors (Lipinski definition) is 5. The predicted molar refractivity (Wildman–Crippen MR) is 163 cm³/mol. The highest BCUT2D eigenvalue weighted by Crippen LogP contribution is 2.47. The van der Waals surface area contributed by atoms with Gasteiger partial charge in [0.15, 0.2) is 6.29 Å². The van der Waals surface area contributed by atoms with E-state index in [4.69, 9.17) is 18.9 Å². The number of anilines is 1. The van der Waals surface area contributed by atoms with Crippen molar-refractivity contribution in [1.29, 1.82) is 0 Å². The SMILES string of the molecule is COC(OC)C1CCN(c2ccc(C3c4ccc(OCc5ccccc5)cc4OCC3c3ccccc3)cc2F)CC1. The summed E-state index contributed by atoms with van der Waals surface area (Å²) in [4.78, 5) is 2.14. The molecule has 2 unspecified atom stereocenters. The molecule has 4 aromatic rings. The zero-order valence-corrected chi connectivity index (χ0v) is 24.2. The first kappa shape index (κ1) is 28.3. The van der Waals surface area contributed by atoms with Gasteiger partial charge < -0.3 is 23.8 Å². The lowest BCUT2D eigenvalue weighted by atomic mass is 9.76. The molecule has 0 spiro atoms. The number of nitrogens with zero attached hydrogens (tertiary/aromatic N) is 1. The normalized spacial score (nSPS) is 18.9. The molecule has 4 aromatic carbocycles. The van der Waals surface area contributed by atoms with Crippen LogP contribution in [-0.2, 0) is 16.1 Å². The lowest BCUT2D eigenvalue weighted by Crippen LogP contribution is -2.39. The van der Waals surface area contributed by atoms with Gasteiger partial charge in [-0.1, -0.05) is 72.8 Å². The van der Waals surface area contributed by atoms with Crippen molar-refractivity contribution in [3.63, 3.8) is 0 Å². The summed E-state index contributed by atoms with van der Waals surface area (Å²) >= 11 is 0. The standard InChI is InChI=1S/C36H38FNO4/c1-39-36(40-2)27-17-19-38(20-18-27)33-16-13-28(21-32(33)37)35-30-15-14-29(41-23-25-9-5-3-6-10-25)22-34(30)42-24-31(35)26-11-7-4-8-12-26/h3-16,21-22,27,31,35-36H,17-20,23-24H2,1-2H3. The van der Waals surface area contributed by atoms with Crippen LogP contribution in [0.1, 0.15) is 46.9 Å². The molecule has 0 radical (unpaired) electrons. The van der Waals surface area contributed by atoms with Gasteiger partial charge in [-0.15, -0.1) is 0 Å². The highest BCUT2D eigenvalue weighted by Gasteiger charge is 2.35. The van der Waals surface area contributed by atoms with E-state index in [0.717, 1.165) is 54.1 Å². The quantitative estimate of drug-likeness (QED) is 0.195. The van der Waals surface area contributed by atoms with Crippen molar-refractivity contribution in [1.82, 2.24) is 0 Å². The molecule has 6 rings (SSSR count). The fourth-order valence-electron chi connectivity index (χ4n) is 6.49. The van der Waals surface area contributed by atoms with E-state index in [-0.39, 0.29) is 23.9 Å². The highest BCUT2D eigenvalue weighted by molar-refractivity contribution is 5.55. The molecule has 1 saturated heterocycles. The molecule has 1 fully saturated rings. The number of benzene rings is 4. The lowest BCUT2D eigenvalue weighted by molar-refractivity contribution is -0.141. The van der Waals surface area contributed by atoms with Crippen molar-refractivity contribution >= 4 is 5.69 Å². The highest BCUT2D eigenvalue weighted by atomic mass is 19.1. The summed E-state index contributed by atoms with van der Waals surface area (Å²) in [5, 5.41) is 0. The van der Waals surface area contributed by atoms with E-state index >= 15 is 4.39 Å². The van der Waals surface area contributed by atoms with Crippen LogP contribution in [0.15, 0.2) is 97.1 Å². The van der Waals surface area contributed by atoms with Crippen molar-refractivity contribution in [2.45, 2.75) is 37.6 Å². The van der Waals surface area contributed by atoms with E-state index in [9.17, 15) is 0 Å². The van der Waals surface area contributed by atoms with Gasteiger partial charge >= 0.3 is 0 Å². The van der Waals surface area contributed by atoms with E-state index in [2.05, 4.69) is 29.2 Å². The first-order chi connectivity index (χ1) is 20.6. The van der Waals surface area contributed by atoms with Crippen molar-refractivity contribution in [3.05, 3.63) is 125 Å². The summed E-state index contributed by atoms with van der Waals surface area (Å²) in [6.45, 7) is 2.52. The Morgan fingerprint density at radius 2 is 1.55 bits per heavy atom. The minimum atomic E-state index is -0.216. The summed E-state index contributed by atoms with van der Waals surface area (Å²) in [5.41, 5.74) is 4.92. The third-order valence-corrected chi connectivity index (χ3v) is 8.68. The number of fused-ring (bicyclic) bond motifs is 1. The number of piperidine rings is 1. The van der Waals surface area contributed by atoms with Gasteiger partial charge in [0.05, 0.1) is 12.3 Å². The van der Waals surface area contributed by atoms with E-state index in [1.807, 2.05) is 66.7 Å². The Kier molecular flexibility index (Phi) is 8.73. The van der Waals surface area contributed by atoms with Gasteiger partial charge in [-0.25, -0.2) is 4.39 Å². The van der Waals surface area contributed by atoms with Crippen LogP contribution in [0, 0.1) is 11.7 Å². The van der Waals surface area contributed by atoms with Crippen LogP contribution in [-0.4, -0.2) is 40.2 Å². The number of rotatable bonds is 9. The Morgan fingerprint density at radius 1 is 0.833 bits per heavy atom. The molecule has 0 amide bonds. The molecule has 218 valence electrons. The van der Waals surface area contributed by atoms with Crippen molar-refractivity contribution < 1.29 is 23.3 Å². The Labute approximate surface area is 247 Å². The van der Waals surface area contributed by atoms with Crippen LogP contribution in [0.25, 0.3) is 0 Å². The van der Waals surface area contributed by atoms with Crippen molar-refractivity contribution in [2.24, 2.45) is 5.92 Å². The monoisotopic (exact) mass is 567 g/mol. The van der Waals surface area contributed by atoms with Crippen LogP contribution >= 0.6 is 0 Å². The second kappa shape index (κ2) is 13.0. The second-order valence-corrected chi connectivity index (χ2v) is 11.2. The minimum Gasteiger partial charge on any atom is -0.492 e. The Hall–Kier alpha value is -3.87. The van der Waals surface area contributed by atoms with Crippen LogP contribution in [0.3, 0.4) is 0 Å². The smallest absolute Gasteiger partial charge is 0.159 e. The fourth-order valence-corrected chi connectivity index (χ4v) is 6.49. The molecule has 0 aromatic heterocycles.